The van der Waals surface area contributed by atoms with Gasteiger partial charge < -0.3 is 9.73 Å². The van der Waals surface area contributed by atoms with Gasteiger partial charge in [0, 0.05) is 6.54 Å². The number of hydrazine groups is 1. The highest BCUT2D eigenvalue weighted by Crippen LogP contribution is 2.25. The molecule has 2 heterocycles. The monoisotopic (exact) mass is 355 g/mol. The van der Waals surface area contributed by atoms with E-state index < -0.39 is 5.91 Å². The number of amides is 2. The van der Waals surface area contributed by atoms with Crippen LogP contribution in [0.15, 0.2) is 27.2 Å². The van der Waals surface area contributed by atoms with Gasteiger partial charge in [0.15, 0.2) is 10.1 Å². The first-order valence-corrected chi connectivity index (χ1v) is 8.67. The minimum absolute atomic E-state index is 0.122. The van der Waals surface area contributed by atoms with Crippen LogP contribution in [0, 0.1) is 5.92 Å². The second-order valence-electron chi connectivity index (χ2n) is 4.92. The van der Waals surface area contributed by atoms with E-state index in [1.54, 1.807) is 6.07 Å². The van der Waals surface area contributed by atoms with Crippen LogP contribution in [0.4, 0.5) is 5.13 Å². The molecule has 10 heteroatoms. The zero-order chi connectivity index (χ0) is 16.7. The van der Waals surface area contributed by atoms with Crippen LogP contribution >= 0.6 is 23.1 Å². The third-order valence-electron chi connectivity index (χ3n) is 2.46. The zero-order valence-electron chi connectivity index (χ0n) is 12.7. The Bertz CT molecular complexity index is 642. The van der Waals surface area contributed by atoms with Gasteiger partial charge in [0.05, 0.1) is 12.0 Å². The first kappa shape index (κ1) is 17.3. The third kappa shape index (κ3) is 5.91. The highest BCUT2D eigenvalue weighted by atomic mass is 32.2. The highest BCUT2D eigenvalue weighted by Gasteiger charge is 2.11. The van der Waals surface area contributed by atoms with Gasteiger partial charge in [-0.3, -0.25) is 20.4 Å². The molecule has 8 nitrogen and oxygen atoms in total. The molecule has 2 aromatic heterocycles. The highest BCUT2D eigenvalue weighted by molar-refractivity contribution is 8.01. The molecular weight excluding hydrogens is 338 g/mol. The molecule has 3 N–H and O–H groups in total. The molecule has 0 aliphatic heterocycles. The van der Waals surface area contributed by atoms with Crippen LogP contribution in [-0.2, 0) is 4.79 Å². The number of carbonyl (C=O) groups is 2. The molecule has 124 valence electrons. The average Bonchev–Trinajstić information content (AvgIpc) is 3.19. The number of aromatic nitrogens is 2. The molecule has 0 saturated heterocycles. The second-order valence-corrected chi connectivity index (χ2v) is 7.12. The van der Waals surface area contributed by atoms with Crippen molar-refractivity contribution >= 4 is 40.0 Å². The summed E-state index contributed by atoms with van der Waals surface area (Å²) in [5.74, 6) is -0.0928. The lowest BCUT2D eigenvalue weighted by Crippen LogP contribution is -2.42. The number of furan rings is 1. The van der Waals surface area contributed by atoms with Gasteiger partial charge >= 0.3 is 5.91 Å². The third-order valence-corrected chi connectivity index (χ3v) is 4.47. The van der Waals surface area contributed by atoms with E-state index in [9.17, 15) is 9.59 Å². The topological polar surface area (TPSA) is 109 Å². The standard InChI is InChI=1S/C13H17N5O3S2/c1-8(2)6-14-12-17-18-13(23-12)22-7-10(19)15-16-11(20)9-4-3-5-21-9/h3-5,8H,6-7H2,1-2H3,(H,14,17)(H,15,19)(H,16,20). The maximum Gasteiger partial charge on any atom is 0.305 e. The molecule has 0 unspecified atom stereocenters. The van der Waals surface area contributed by atoms with Gasteiger partial charge in [0.2, 0.25) is 11.0 Å². The van der Waals surface area contributed by atoms with Crippen LogP contribution in [-0.4, -0.2) is 34.3 Å². The lowest BCUT2D eigenvalue weighted by atomic mass is 10.2. The molecule has 0 bridgehead atoms. The fourth-order valence-electron chi connectivity index (χ4n) is 1.39. The number of nitrogens with one attached hydrogen (secondary N) is 3. The van der Waals surface area contributed by atoms with Crippen LogP contribution in [0.3, 0.4) is 0 Å². The van der Waals surface area contributed by atoms with Crippen molar-refractivity contribution in [1.82, 2.24) is 21.0 Å². The summed E-state index contributed by atoms with van der Waals surface area (Å²) in [6, 6.07) is 3.09. The number of nitrogens with zero attached hydrogens (tertiary/aromatic N) is 2. The summed E-state index contributed by atoms with van der Waals surface area (Å²) >= 11 is 2.64. The Labute approximate surface area is 141 Å². The van der Waals surface area contributed by atoms with Crippen molar-refractivity contribution in [3.63, 3.8) is 0 Å². The lowest BCUT2D eigenvalue weighted by Gasteiger charge is -2.04. The lowest BCUT2D eigenvalue weighted by molar-refractivity contribution is -0.119. The fraction of sp³-hybridized carbons (Fsp3) is 0.385. The van der Waals surface area contributed by atoms with Crippen molar-refractivity contribution < 1.29 is 14.0 Å². The number of hydrogen-bond acceptors (Lipinski definition) is 8. The summed E-state index contributed by atoms with van der Waals surface area (Å²) in [7, 11) is 0. The zero-order valence-corrected chi connectivity index (χ0v) is 14.3. The molecule has 0 atom stereocenters. The predicted octanol–water partition coefficient (Wildman–Crippen LogP) is 1.75. The van der Waals surface area contributed by atoms with Crippen LogP contribution in [0.2, 0.25) is 0 Å². The number of rotatable bonds is 7. The van der Waals surface area contributed by atoms with Crippen LogP contribution < -0.4 is 16.2 Å². The van der Waals surface area contributed by atoms with E-state index in [0.717, 1.165) is 11.7 Å². The average molecular weight is 355 g/mol. The summed E-state index contributed by atoms with van der Waals surface area (Å²) in [6.07, 6.45) is 1.38. The summed E-state index contributed by atoms with van der Waals surface area (Å²) in [4.78, 5) is 23.2. The Morgan fingerprint density at radius 3 is 2.87 bits per heavy atom. The van der Waals surface area contributed by atoms with Gasteiger partial charge in [-0.05, 0) is 18.1 Å². The van der Waals surface area contributed by atoms with Gasteiger partial charge in [-0.1, -0.05) is 36.9 Å². The molecule has 0 aliphatic rings. The normalized spacial score (nSPS) is 10.6. The van der Waals surface area contributed by atoms with Crippen LogP contribution in [0.25, 0.3) is 0 Å². The second kappa shape index (κ2) is 8.53. The first-order chi connectivity index (χ1) is 11.0. The van der Waals surface area contributed by atoms with Gasteiger partial charge in [0.25, 0.3) is 0 Å². The molecule has 2 aromatic rings. The Balaban J connectivity index is 1.69. The summed E-state index contributed by atoms with van der Waals surface area (Å²) in [5, 5.41) is 11.9. The fourth-order valence-corrected chi connectivity index (χ4v) is 2.95. The van der Waals surface area contributed by atoms with Crippen molar-refractivity contribution in [2.75, 3.05) is 17.6 Å². The van der Waals surface area contributed by atoms with E-state index in [2.05, 4.69) is 40.2 Å². The molecule has 23 heavy (non-hydrogen) atoms. The molecule has 0 radical (unpaired) electrons. The maximum atomic E-state index is 11.7. The number of carbonyl (C=O) groups excluding carboxylic acids is 2. The van der Waals surface area contributed by atoms with E-state index >= 15 is 0 Å². The van der Waals surface area contributed by atoms with E-state index in [0.29, 0.717) is 10.3 Å². The maximum absolute atomic E-state index is 11.7. The van der Waals surface area contributed by atoms with Crippen LogP contribution in [0.5, 0.6) is 0 Å². The Morgan fingerprint density at radius 2 is 2.17 bits per heavy atom. The van der Waals surface area contributed by atoms with Crippen molar-refractivity contribution in [3.05, 3.63) is 24.2 Å². The van der Waals surface area contributed by atoms with Crippen molar-refractivity contribution in [3.8, 4) is 0 Å². The minimum atomic E-state index is -0.510. The molecule has 0 saturated carbocycles. The van der Waals surface area contributed by atoms with Gasteiger partial charge in [-0.15, -0.1) is 10.2 Å². The summed E-state index contributed by atoms with van der Waals surface area (Å²) < 4.78 is 5.59. The SMILES string of the molecule is CC(C)CNc1nnc(SCC(=O)NNC(=O)c2ccco2)s1. The first-order valence-electron chi connectivity index (χ1n) is 6.87. The number of hydrogen-bond donors (Lipinski definition) is 3. The van der Waals surface area contributed by atoms with Crippen molar-refractivity contribution in [2.24, 2.45) is 5.92 Å². The predicted molar refractivity (Wildman–Crippen MR) is 88.3 cm³/mol. The summed E-state index contributed by atoms with van der Waals surface area (Å²) in [5.41, 5.74) is 4.58. The summed E-state index contributed by atoms with van der Waals surface area (Å²) in [6.45, 7) is 5.02. The molecule has 2 rings (SSSR count). The van der Waals surface area contributed by atoms with Gasteiger partial charge in [0.1, 0.15) is 0 Å². The van der Waals surface area contributed by atoms with Crippen molar-refractivity contribution in [1.29, 1.82) is 0 Å². The largest absolute Gasteiger partial charge is 0.459 e. The van der Waals surface area contributed by atoms with Gasteiger partial charge in [-0.25, -0.2) is 0 Å². The number of anilines is 1. The molecular formula is C13H17N5O3S2. The quantitative estimate of drug-likeness (QED) is 0.513. The molecule has 0 spiro atoms. The molecule has 0 fully saturated rings. The van der Waals surface area contributed by atoms with E-state index in [-0.39, 0.29) is 17.4 Å². The molecule has 0 aliphatic carbocycles. The van der Waals surface area contributed by atoms with E-state index in [4.69, 9.17) is 4.42 Å². The van der Waals surface area contributed by atoms with Gasteiger partial charge in [-0.2, -0.15) is 0 Å². The number of thioether (sulfide) groups is 1. The van der Waals surface area contributed by atoms with Crippen molar-refractivity contribution in [2.45, 2.75) is 18.2 Å². The Hall–Kier alpha value is -2.07. The minimum Gasteiger partial charge on any atom is -0.459 e. The van der Waals surface area contributed by atoms with Crippen LogP contribution in [0.1, 0.15) is 24.4 Å². The molecule has 2 amide bonds. The van der Waals surface area contributed by atoms with E-state index in [1.807, 2.05) is 0 Å². The Kier molecular flexibility index (Phi) is 6.41. The molecule has 0 aromatic carbocycles. The Morgan fingerprint density at radius 1 is 1.35 bits per heavy atom. The van der Waals surface area contributed by atoms with E-state index in [1.165, 1.54) is 35.4 Å². The smallest absolute Gasteiger partial charge is 0.305 e.